The van der Waals surface area contributed by atoms with Crippen molar-refractivity contribution in [2.24, 2.45) is 16.5 Å². The van der Waals surface area contributed by atoms with Gasteiger partial charge >= 0.3 is 6.09 Å². The Morgan fingerprint density at radius 3 is 2.49 bits per heavy atom. The van der Waals surface area contributed by atoms with Gasteiger partial charge in [-0.25, -0.2) is 14.5 Å². The first-order valence-electron chi connectivity index (χ1n) is 19.8. The van der Waals surface area contributed by atoms with Gasteiger partial charge in [0.1, 0.15) is 42.5 Å². The summed E-state index contributed by atoms with van der Waals surface area (Å²) in [6, 6.07) is 2.09. The van der Waals surface area contributed by atoms with Gasteiger partial charge in [-0.15, -0.1) is 5.10 Å². The Balaban J connectivity index is 0.0000106. The van der Waals surface area contributed by atoms with Crippen LogP contribution in [0.4, 0.5) is 4.79 Å². The minimum absolute atomic E-state index is 0. The molecule has 1 aliphatic heterocycles. The molecular formula is C39H58N14O10. The zero-order chi connectivity index (χ0) is 45.2. The van der Waals surface area contributed by atoms with Crippen molar-refractivity contribution in [1.82, 2.24) is 56.8 Å². The summed E-state index contributed by atoms with van der Waals surface area (Å²) in [5, 5.41) is 34.0. The molecule has 0 fully saturated rings. The molecule has 0 saturated heterocycles. The van der Waals surface area contributed by atoms with E-state index in [0.717, 1.165) is 6.39 Å². The molecule has 0 spiro atoms. The van der Waals surface area contributed by atoms with Crippen LogP contribution in [0.25, 0.3) is 0 Å². The lowest BCUT2D eigenvalue weighted by atomic mass is 10.1. The third-order valence-electron chi connectivity index (χ3n) is 9.46. The summed E-state index contributed by atoms with van der Waals surface area (Å²) in [6.45, 7) is 2.67. The molecular weight excluding hydrogens is 825 g/mol. The smallest absolute Gasteiger partial charge is 0.408 e. The third kappa shape index (κ3) is 16.4. The molecule has 344 valence electrons. The summed E-state index contributed by atoms with van der Waals surface area (Å²) in [7, 11) is 1.65. The second-order valence-electron chi connectivity index (χ2n) is 14.5. The van der Waals surface area contributed by atoms with Crippen molar-refractivity contribution in [3.05, 3.63) is 66.1 Å². The van der Waals surface area contributed by atoms with Gasteiger partial charge in [-0.2, -0.15) is 0 Å². The summed E-state index contributed by atoms with van der Waals surface area (Å²) in [6.07, 6.45) is 2.62. The van der Waals surface area contributed by atoms with Crippen molar-refractivity contribution in [3.63, 3.8) is 0 Å². The summed E-state index contributed by atoms with van der Waals surface area (Å²) in [5.74, 6) is -4.57. The number of nitrogens with two attached hydrogens (primary N) is 2. The molecule has 1 aromatic carbocycles. The van der Waals surface area contributed by atoms with Crippen LogP contribution in [0.15, 0.2) is 58.5 Å². The Kier molecular flexibility index (Phi) is 19.9. The molecule has 0 aliphatic carbocycles. The number of carbonyl (C=O) groups excluding carboxylic acids is 7. The Labute approximate surface area is 363 Å². The zero-order valence-corrected chi connectivity index (χ0v) is 34.6. The van der Waals surface area contributed by atoms with Crippen molar-refractivity contribution < 1.29 is 47.8 Å². The fourth-order valence-electron chi connectivity index (χ4n) is 5.96. The SMILES string of the molecule is C.C[C@@H]1NC(=O)[C@H]([C@H](C)O)NC(=O)[C@@H](NC(=O)OCc2ccccc2)Cn2cc(nn2)CN(C)C(N)=NCCC[C@H](C(=O)N[C@@H](CCCCNC(=O)c2cnco2)C(N)=O)NC1=O. The number of hydrogen-bond acceptors (Lipinski definition) is 16. The van der Waals surface area contributed by atoms with E-state index in [-0.39, 0.29) is 71.2 Å². The van der Waals surface area contributed by atoms with Crippen molar-refractivity contribution in [2.45, 2.75) is 109 Å². The maximum atomic E-state index is 13.7. The first kappa shape index (κ1) is 50.2. The number of fused-ring (bicyclic) bond motifs is 2. The van der Waals surface area contributed by atoms with Crippen molar-refractivity contribution >= 4 is 47.5 Å². The van der Waals surface area contributed by atoms with Gasteiger partial charge in [-0.1, -0.05) is 43.0 Å². The van der Waals surface area contributed by atoms with Gasteiger partial charge in [0, 0.05) is 20.1 Å². The number of unbranched alkanes of at least 4 members (excludes halogenated alkanes) is 1. The standard InChI is InChI=1S/C38H54N14O10.CH4/c1-22-32(55)46-27(33(56)45-26(31(39)54)12-7-8-14-42-35(58)29-16-41-21-62-29)13-9-15-43-37(40)51(3)17-25-18-52(50-49-25)19-28(34(57)48-30(23(2)53)36(59)44-22)47-38(60)61-20-24-10-5-4-6-11-24;/h4-6,10-11,16,18,21-23,26-28,30,53H,7-9,12-15,17,19-20H2,1-3H3,(H2,39,54)(H2,40,43)(H,42,58)(H,44,59)(H,45,56)(H,46,55)(H,47,60)(H,48,57);1H4/t22-,23-,26-,27+,28-,30-;/m0./s1. The summed E-state index contributed by atoms with van der Waals surface area (Å²) < 4.78 is 11.6. The number of rotatable bonds is 13. The number of alkyl carbamates (subject to hydrolysis) is 1. The first-order valence-corrected chi connectivity index (χ1v) is 19.8. The van der Waals surface area contributed by atoms with Crippen molar-refractivity contribution in [3.8, 4) is 0 Å². The van der Waals surface area contributed by atoms with Crippen molar-refractivity contribution in [1.29, 1.82) is 0 Å². The lowest BCUT2D eigenvalue weighted by molar-refractivity contribution is -0.135. The molecule has 24 nitrogen and oxygen atoms in total. The monoisotopic (exact) mass is 882 g/mol. The van der Waals surface area contributed by atoms with Gasteiger partial charge in [0.05, 0.1) is 31.6 Å². The molecule has 4 rings (SSSR count). The molecule has 6 atom stereocenters. The maximum absolute atomic E-state index is 13.7. The molecule has 1 aliphatic rings. The average Bonchev–Trinajstić information content (AvgIpc) is 3.94. The van der Waals surface area contributed by atoms with Gasteiger partial charge in [0.15, 0.2) is 12.4 Å². The van der Waals surface area contributed by atoms with E-state index < -0.39 is 77.8 Å². The minimum atomic E-state index is -1.62. The molecule has 3 heterocycles. The second-order valence-corrected chi connectivity index (χ2v) is 14.5. The van der Waals surface area contributed by atoms with Crippen molar-refractivity contribution in [2.75, 3.05) is 20.1 Å². The number of aromatic nitrogens is 4. The van der Waals surface area contributed by atoms with Gasteiger partial charge < -0.3 is 62.5 Å². The highest BCUT2D eigenvalue weighted by atomic mass is 16.5. The highest BCUT2D eigenvalue weighted by Gasteiger charge is 2.33. The van der Waals surface area contributed by atoms with E-state index in [1.54, 1.807) is 42.3 Å². The Bertz CT molecular complexity index is 2010. The Hall–Kier alpha value is -7.11. The molecule has 2 bridgehead atoms. The van der Waals surface area contributed by atoms with Gasteiger partial charge in [0.25, 0.3) is 5.91 Å². The average molecular weight is 883 g/mol. The molecule has 0 saturated carbocycles. The molecule has 63 heavy (non-hydrogen) atoms. The van der Waals surface area contributed by atoms with E-state index in [1.165, 1.54) is 30.9 Å². The first-order chi connectivity index (χ1) is 29.6. The number of oxazole rings is 1. The fourth-order valence-corrected chi connectivity index (χ4v) is 5.96. The van der Waals surface area contributed by atoms with E-state index in [0.29, 0.717) is 24.1 Å². The van der Waals surface area contributed by atoms with E-state index in [2.05, 4.69) is 52.2 Å². The molecule has 3 aromatic rings. The van der Waals surface area contributed by atoms with E-state index >= 15 is 0 Å². The van der Waals surface area contributed by atoms with Crippen LogP contribution >= 0.6 is 0 Å². The number of aliphatic hydroxyl groups is 1. The van der Waals surface area contributed by atoms with Crippen LogP contribution in [0.2, 0.25) is 0 Å². The summed E-state index contributed by atoms with van der Waals surface area (Å²) in [5.41, 5.74) is 12.9. The normalized spacial score (nSPS) is 20.1. The number of nitrogens with zero attached hydrogens (tertiary/aromatic N) is 6. The number of nitrogens with one attached hydrogen (secondary N) is 6. The number of ether oxygens (including phenoxy) is 1. The lowest BCUT2D eigenvalue weighted by Gasteiger charge is -2.26. The Morgan fingerprint density at radius 2 is 1.81 bits per heavy atom. The number of carbonyl (C=O) groups is 7. The van der Waals surface area contributed by atoms with Crippen LogP contribution in [-0.2, 0) is 48.4 Å². The van der Waals surface area contributed by atoms with Crippen LogP contribution in [-0.4, -0.2) is 134 Å². The predicted molar refractivity (Wildman–Crippen MR) is 224 cm³/mol. The highest BCUT2D eigenvalue weighted by molar-refractivity contribution is 5.96. The number of hydrogen-bond donors (Lipinski definition) is 9. The molecule has 7 amide bonds. The molecule has 0 radical (unpaired) electrons. The van der Waals surface area contributed by atoms with Gasteiger partial charge in [-0.3, -0.25) is 33.8 Å². The molecule has 24 heteroatoms. The number of primary amides is 1. The lowest BCUT2D eigenvalue weighted by Crippen LogP contribution is -2.60. The van der Waals surface area contributed by atoms with Crippen LogP contribution in [0.5, 0.6) is 0 Å². The highest BCUT2D eigenvalue weighted by Crippen LogP contribution is 2.08. The number of aliphatic imine (C=N–C) groups is 1. The number of amides is 7. The Morgan fingerprint density at radius 1 is 1.06 bits per heavy atom. The quantitative estimate of drug-likeness (QED) is 0.0853. The van der Waals surface area contributed by atoms with E-state index in [1.807, 2.05) is 0 Å². The fraction of sp³-hybridized carbons (Fsp3) is 0.513. The van der Waals surface area contributed by atoms with Gasteiger partial charge in [-0.05, 0) is 51.5 Å². The number of aliphatic hydroxyl groups excluding tert-OH is 1. The summed E-state index contributed by atoms with van der Waals surface area (Å²) in [4.78, 5) is 101. The molecule has 0 unspecified atom stereocenters. The molecule has 11 N–H and O–H groups in total. The predicted octanol–water partition coefficient (Wildman–Crippen LogP) is -1.84. The van der Waals surface area contributed by atoms with E-state index in [4.69, 9.17) is 20.6 Å². The molecule has 2 aromatic heterocycles. The van der Waals surface area contributed by atoms with Gasteiger partial charge in [0.2, 0.25) is 35.3 Å². The van der Waals surface area contributed by atoms with Crippen LogP contribution in [0.3, 0.4) is 0 Å². The largest absolute Gasteiger partial charge is 0.445 e. The maximum Gasteiger partial charge on any atom is 0.408 e. The topological polar surface area (TPSA) is 346 Å². The number of benzene rings is 1. The summed E-state index contributed by atoms with van der Waals surface area (Å²) >= 11 is 0. The minimum Gasteiger partial charge on any atom is -0.445 e. The van der Waals surface area contributed by atoms with Crippen LogP contribution < -0.4 is 43.4 Å². The zero-order valence-electron chi connectivity index (χ0n) is 34.6. The number of guanidine groups is 1. The van der Waals surface area contributed by atoms with Crippen LogP contribution in [0.1, 0.15) is 75.2 Å². The van der Waals surface area contributed by atoms with Crippen LogP contribution in [0, 0.1) is 0 Å². The third-order valence-corrected chi connectivity index (χ3v) is 9.46. The van der Waals surface area contributed by atoms with E-state index in [9.17, 15) is 38.7 Å². The second kappa shape index (κ2) is 25.0.